The summed E-state index contributed by atoms with van der Waals surface area (Å²) in [6, 6.07) is 6.33. The van der Waals surface area contributed by atoms with Gasteiger partial charge >= 0.3 is 5.97 Å². The number of benzene rings is 1. The number of hydrogen-bond acceptors (Lipinski definition) is 5. The first-order chi connectivity index (χ1) is 10.1. The maximum Gasteiger partial charge on any atom is 0.378 e. The van der Waals surface area contributed by atoms with E-state index in [0.29, 0.717) is 16.8 Å². The van der Waals surface area contributed by atoms with E-state index in [4.69, 9.17) is 0 Å². The van der Waals surface area contributed by atoms with Crippen molar-refractivity contribution in [2.24, 2.45) is 0 Å². The van der Waals surface area contributed by atoms with Crippen LogP contribution in [0.2, 0.25) is 0 Å². The van der Waals surface area contributed by atoms with E-state index in [1.54, 1.807) is 31.3 Å². The molecule has 3 rings (SSSR count). The lowest BCUT2D eigenvalue weighted by molar-refractivity contribution is 0.0587. The van der Waals surface area contributed by atoms with Crippen molar-refractivity contribution in [1.82, 2.24) is 19.6 Å². The molecule has 0 atom stereocenters. The minimum atomic E-state index is -0.669. The average molecular weight is 286 g/mol. The summed E-state index contributed by atoms with van der Waals surface area (Å²) in [6.07, 6.45) is 1.56. The van der Waals surface area contributed by atoms with Crippen LogP contribution in [0, 0.1) is 12.7 Å². The van der Waals surface area contributed by atoms with Crippen LogP contribution in [0.25, 0.3) is 17.0 Å². The molecule has 2 heterocycles. The van der Waals surface area contributed by atoms with Gasteiger partial charge < -0.3 is 4.74 Å². The Balaban J connectivity index is 2.31. The second-order valence-corrected chi connectivity index (χ2v) is 4.41. The minimum Gasteiger partial charge on any atom is -0.463 e. The summed E-state index contributed by atoms with van der Waals surface area (Å²) in [5.41, 5.74) is 1.58. The highest BCUT2D eigenvalue weighted by molar-refractivity contribution is 5.85. The first-order valence-electron chi connectivity index (χ1n) is 6.17. The molecule has 0 unspecified atom stereocenters. The molecule has 0 N–H and O–H groups in total. The molecule has 0 saturated carbocycles. The molecule has 106 valence electrons. The highest BCUT2D eigenvalue weighted by Crippen LogP contribution is 2.25. The predicted octanol–water partition coefficient (Wildman–Crippen LogP) is 2.03. The van der Waals surface area contributed by atoms with Crippen LogP contribution >= 0.6 is 0 Å². The van der Waals surface area contributed by atoms with Gasteiger partial charge in [0.25, 0.3) is 11.6 Å². The summed E-state index contributed by atoms with van der Waals surface area (Å²) in [4.78, 5) is 19.6. The van der Waals surface area contributed by atoms with Crippen LogP contribution in [0.4, 0.5) is 4.39 Å². The third kappa shape index (κ3) is 2.12. The Morgan fingerprint density at radius 2 is 2.10 bits per heavy atom. The number of carbonyl (C=O) groups excluding carboxylic acids is 1. The number of aryl methyl sites for hydroxylation is 1. The van der Waals surface area contributed by atoms with Crippen molar-refractivity contribution in [3.05, 3.63) is 47.7 Å². The molecule has 21 heavy (non-hydrogen) atoms. The van der Waals surface area contributed by atoms with E-state index < -0.39 is 5.97 Å². The second-order valence-electron chi connectivity index (χ2n) is 4.41. The van der Waals surface area contributed by atoms with Gasteiger partial charge in [0, 0.05) is 11.8 Å². The average Bonchev–Trinajstić information content (AvgIpc) is 2.91. The van der Waals surface area contributed by atoms with Gasteiger partial charge in [-0.1, -0.05) is 12.1 Å². The summed E-state index contributed by atoms with van der Waals surface area (Å²) in [5, 5.41) is 4.06. The van der Waals surface area contributed by atoms with Gasteiger partial charge in [0.1, 0.15) is 5.82 Å². The summed E-state index contributed by atoms with van der Waals surface area (Å²) in [5.74, 6) is -0.965. The van der Waals surface area contributed by atoms with Gasteiger partial charge in [-0.25, -0.2) is 14.2 Å². The number of carbonyl (C=O) groups is 1. The fourth-order valence-corrected chi connectivity index (χ4v) is 2.08. The van der Waals surface area contributed by atoms with Gasteiger partial charge in [-0.05, 0) is 24.6 Å². The highest BCUT2D eigenvalue weighted by atomic mass is 19.1. The van der Waals surface area contributed by atoms with Crippen molar-refractivity contribution in [3.8, 4) is 11.3 Å². The van der Waals surface area contributed by atoms with Crippen LogP contribution in [-0.2, 0) is 4.74 Å². The number of rotatable bonds is 2. The zero-order valence-corrected chi connectivity index (χ0v) is 11.4. The Labute approximate surface area is 119 Å². The van der Waals surface area contributed by atoms with Gasteiger partial charge in [0.15, 0.2) is 0 Å². The predicted molar refractivity (Wildman–Crippen MR) is 72.3 cm³/mol. The molecule has 0 aliphatic rings. The molecule has 0 aliphatic heterocycles. The smallest absolute Gasteiger partial charge is 0.378 e. The number of methoxy groups -OCH3 is 1. The van der Waals surface area contributed by atoms with Crippen LogP contribution < -0.4 is 0 Å². The fourth-order valence-electron chi connectivity index (χ4n) is 2.08. The van der Waals surface area contributed by atoms with E-state index in [-0.39, 0.29) is 17.4 Å². The largest absolute Gasteiger partial charge is 0.463 e. The quantitative estimate of drug-likeness (QED) is 0.674. The van der Waals surface area contributed by atoms with Gasteiger partial charge in [0.05, 0.1) is 12.8 Å². The number of ether oxygens (including phenoxy) is 1. The Morgan fingerprint density at radius 1 is 1.33 bits per heavy atom. The second kappa shape index (κ2) is 4.93. The molecule has 0 aliphatic carbocycles. The molecular formula is C14H11FN4O2. The number of aromatic nitrogens is 4. The van der Waals surface area contributed by atoms with Crippen molar-refractivity contribution in [3.63, 3.8) is 0 Å². The number of esters is 1. The van der Waals surface area contributed by atoms with Crippen LogP contribution in [0.5, 0.6) is 0 Å². The Morgan fingerprint density at radius 3 is 2.81 bits per heavy atom. The summed E-state index contributed by atoms with van der Waals surface area (Å²) in [7, 11) is 1.24. The lowest BCUT2D eigenvalue weighted by Crippen LogP contribution is -2.05. The van der Waals surface area contributed by atoms with E-state index in [2.05, 4.69) is 19.8 Å². The molecule has 3 aromatic rings. The summed E-state index contributed by atoms with van der Waals surface area (Å²) >= 11 is 0. The molecule has 7 heteroatoms. The van der Waals surface area contributed by atoms with Gasteiger partial charge in [-0.3, -0.25) is 0 Å². The monoisotopic (exact) mass is 286 g/mol. The van der Waals surface area contributed by atoms with E-state index >= 15 is 0 Å². The maximum absolute atomic E-state index is 14.0. The van der Waals surface area contributed by atoms with Crippen molar-refractivity contribution in [2.75, 3.05) is 7.11 Å². The number of halogens is 1. The van der Waals surface area contributed by atoms with Gasteiger partial charge in [0.2, 0.25) is 0 Å². The van der Waals surface area contributed by atoms with Gasteiger partial charge in [-0.2, -0.15) is 9.50 Å². The number of nitrogens with zero attached hydrogens (tertiary/aromatic N) is 4. The molecule has 0 fully saturated rings. The first-order valence-corrected chi connectivity index (χ1v) is 6.17. The highest BCUT2D eigenvalue weighted by Gasteiger charge is 2.18. The number of fused-ring (bicyclic) bond motifs is 1. The van der Waals surface area contributed by atoms with Crippen LogP contribution in [-0.4, -0.2) is 32.7 Å². The Hall–Kier alpha value is -2.83. The van der Waals surface area contributed by atoms with Crippen LogP contribution in [0.1, 0.15) is 16.2 Å². The van der Waals surface area contributed by atoms with Crippen molar-refractivity contribution >= 4 is 11.7 Å². The van der Waals surface area contributed by atoms with E-state index in [0.717, 1.165) is 0 Å². The van der Waals surface area contributed by atoms with E-state index in [1.807, 2.05) is 0 Å². The normalized spacial score (nSPS) is 10.8. The minimum absolute atomic E-state index is 0.117. The molecular weight excluding hydrogens is 275 g/mol. The lowest BCUT2D eigenvalue weighted by atomic mass is 10.1. The molecule has 0 spiro atoms. The van der Waals surface area contributed by atoms with Gasteiger partial charge in [-0.15, -0.1) is 5.10 Å². The zero-order valence-electron chi connectivity index (χ0n) is 11.4. The molecule has 0 radical (unpaired) electrons. The summed E-state index contributed by atoms with van der Waals surface area (Å²) < 4.78 is 20.0. The standard InChI is InChI=1S/C14H11FN4O2/c1-8-7-16-14-17-12(13(20)21-2)18-19(14)11(8)9-5-3-4-6-10(9)15/h3-7H,1-2H3. The van der Waals surface area contributed by atoms with Crippen molar-refractivity contribution in [1.29, 1.82) is 0 Å². The summed E-state index contributed by atoms with van der Waals surface area (Å²) in [6.45, 7) is 1.79. The van der Waals surface area contributed by atoms with Crippen molar-refractivity contribution in [2.45, 2.75) is 6.92 Å². The Bertz CT molecular complexity index is 844. The number of hydrogen-bond donors (Lipinski definition) is 0. The molecule has 0 bridgehead atoms. The van der Waals surface area contributed by atoms with Crippen LogP contribution in [0.3, 0.4) is 0 Å². The molecule has 2 aromatic heterocycles. The Kier molecular flexibility index (Phi) is 3.09. The fraction of sp³-hybridized carbons (Fsp3) is 0.143. The molecule has 0 saturated heterocycles. The molecule has 6 nitrogen and oxygen atoms in total. The van der Waals surface area contributed by atoms with E-state index in [9.17, 15) is 9.18 Å². The first kappa shape index (κ1) is 13.2. The third-order valence-corrected chi connectivity index (χ3v) is 3.05. The SMILES string of the molecule is COC(=O)c1nc2ncc(C)c(-c3ccccc3F)n2n1. The lowest BCUT2D eigenvalue weighted by Gasteiger charge is -2.08. The van der Waals surface area contributed by atoms with E-state index in [1.165, 1.54) is 17.7 Å². The maximum atomic E-state index is 14.0. The molecule has 0 amide bonds. The third-order valence-electron chi connectivity index (χ3n) is 3.05. The van der Waals surface area contributed by atoms with Crippen LogP contribution in [0.15, 0.2) is 30.5 Å². The zero-order chi connectivity index (χ0) is 15.0. The topological polar surface area (TPSA) is 69.4 Å². The molecule has 1 aromatic carbocycles. The van der Waals surface area contributed by atoms with Crippen molar-refractivity contribution < 1.29 is 13.9 Å².